The zero-order valence-electron chi connectivity index (χ0n) is 10.2. The van der Waals surface area contributed by atoms with Crippen LogP contribution in [0.25, 0.3) is 0 Å². The second kappa shape index (κ2) is 5.61. The fourth-order valence-electron chi connectivity index (χ4n) is 1.68. The van der Waals surface area contributed by atoms with Crippen molar-refractivity contribution in [1.29, 1.82) is 5.26 Å². The molecule has 0 fully saturated rings. The molecular formula is C15H14N2S. The molecule has 0 heterocycles. The third kappa shape index (κ3) is 2.85. The predicted octanol–water partition coefficient (Wildman–Crippen LogP) is 3.74. The SMILES string of the molecule is Cc1ccc(N)c(SCc2ccccc2C#N)c1. The molecule has 0 unspecified atom stereocenters. The Hall–Kier alpha value is -1.92. The maximum absolute atomic E-state index is 9.03. The molecule has 0 amide bonds. The lowest BCUT2D eigenvalue weighted by Gasteiger charge is -2.07. The van der Waals surface area contributed by atoms with Gasteiger partial charge in [0.05, 0.1) is 11.6 Å². The first kappa shape index (κ1) is 12.5. The number of hydrogen-bond acceptors (Lipinski definition) is 3. The van der Waals surface area contributed by atoms with Crippen molar-refractivity contribution in [2.24, 2.45) is 0 Å². The fraction of sp³-hybridized carbons (Fsp3) is 0.133. The quantitative estimate of drug-likeness (QED) is 0.670. The maximum atomic E-state index is 9.03. The average Bonchev–Trinajstić information content (AvgIpc) is 2.40. The van der Waals surface area contributed by atoms with Gasteiger partial charge in [-0.15, -0.1) is 11.8 Å². The van der Waals surface area contributed by atoms with Crippen LogP contribution in [0.2, 0.25) is 0 Å². The van der Waals surface area contributed by atoms with Crippen LogP contribution in [0.3, 0.4) is 0 Å². The maximum Gasteiger partial charge on any atom is 0.0994 e. The van der Waals surface area contributed by atoms with Gasteiger partial charge in [0.2, 0.25) is 0 Å². The number of rotatable bonds is 3. The smallest absolute Gasteiger partial charge is 0.0994 e. The first-order valence-corrected chi connectivity index (χ1v) is 6.66. The summed E-state index contributed by atoms with van der Waals surface area (Å²) in [5.74, 6) is 0.761. The van der Waals surface area contributed by atoms with Crippen molar-refractivity contribution >= 4 is 17.4 Å². The summed E-state index contributed by atoms with van der Waals surface area (Å²) in [7, 11) is 0. The van der Waals surface area contributed by atoms with E-state index in [4.69, 9.17) is 11.0 Å². The van der Waals surface area contributed by atoms with E-state index in [-0.39, 0.29) is 0 Å². The molecule has 0 spiro atoms. The number of anilines is 1. The van der Waals surface area contributed by atoms with Crippen molar-refractivity contribution in [2.75, 3.05) is 5.73 Å². The van der Waals surface area contributed by atoms with Gasteiger partial charge in [-0.1, -0.05) is 24.3 Å². The Kier molecular flexibility index (Phi) is 3.91. The number of nitriles is 1. The summed E-state index contributed by atoms with van der Waals surface area (Å²) in [6.07, 6.45) is 0. The van der Waals surface area contributed by atoms with Crippen molar-refractivity contribution in [1.82, 2.24) is 0 Å². The highest BCUT2D eigenvalue weighted by Gasteiger charge is 2.04. The van der Waals surface area contributed by atoms with Crippen molar-refractivity contribution < 1.29 is 0 Å². The molecule has 0 aliphatic rings. The van der Waals surface area contributed by atoms with Crippen LogP contribution in [0.4, 0.5) is 5.69 Å². The fourth-order valence-corrected chi connectivity index (χ4v) is 2.74. The van der Waals surface area contributed by atoms with Crippen LogP contribution < -0.4 is 5.73 Å². The summed E-state index contributed by atoms with van der Waals surface area (Å²) in [5, 5.41) is 9.03. The van der Waals surface area contributed by atoms with E-state index in [2.05, 4.69) is 12.1 Å². The minimum absolute atomic E-state index is 0.733. The van der Waals surface area contributed by atoms with E-state index >= 15 is 0 Å². The average molecular weight is 254 g/mol. The predicted molar refractivity (Wildman–Crippen MR) is 76.3 cm³/mol. The van der Waals surface area contributed by atoms with Gasteiger partial charge in [0.25, 0.3) is 0 Å². The molecule has 0 bridgehead atoms. The number of nitrogens with two attached hydrogens (primary N) is 1. The molecule has 0 atom stereocenters. The van der Waals surface area contributed by atoms with E-state index in [1.807, 2.05) is 43.3 Å². The zero-order chi connectivity index (χ0) is 13.0. The number of nitrogen functional groups attached to an aromatic ring is 1. The van der Waals surface area contributed by atoms with Crippen LogP contribution in [0.15, 0.2) is 47.4 Å². The summed E-state index contributed by atoms with van der Waals surface area (Å²) in [6.45, 7) is 2.05. The zero-order valence-corrected chi connectivity index (χ0v) is 11.0. The number of nitrogens with zero attached hydrogens (tertiary/aromatic N) is 1. The number of thioether (sulfide) groups is 1. The van der Waals surface area contributed by atoms with Crippen LogP contribution >= 0.6 is 11.8 Å². The van der Waals surface area contributed by atoms with Gasteiger partial charge >= 0.3 is 0 Å². The molecule has 0 aromatic heterocycles. The van der Waals surface area contributed by atoms with Gasteiger partial charge in [-0.05, 0) is 36.2 Å². The molecule has 0 radical (unpaired) electrons. The van der Waals surface area contributed by atoms with Crippen molar-refractivity contribution in [2.45, 2.75) is 17.6 Å². The lowest BCUT2D eigenvalue weighted by Crippen LogP contribution is -1.91. The van der Waals surface area contributed by atoms with Gasteiger partial charge in [0, 0.05) is 16.3 Å². The summed E-state index contributed by atoms with van der Waals surface area (Å²) >= 11 is 1.67. The number of benzene rings is 2. The lowest BCUT2D eigenvalue weighted by atomic mass is 10.1. The topological polar surface area (TPSA) is 49.8 Å². The van der Waals surface area contributed by atoms with Gasteiger partial charge < -0.3 is 5.73 Å². The van der Waals surface area contributed by atoms with E-state index in [0.29, 0.717) is 0 Å². The summed E-state index contributed by atoms with van der Waals surface area (Å²) < 4.78 is 0. The molecule has 3 heteroatoms. The first-order valence-electron chi connectivity index (χ1n) is 5.67. The molecule has 2 aromatic rings. The lowest BCUT2D eigenvalue weighted by molar-refractivity contribution is 1.32. The summed E-state index contributed by atoms with van der Waals surface area (Å²) in [6, 6.07) is 15.9. The van der Waals surface area contributed by atoms with Gasteiger partial charge in [-0.2, -0.15) is 5.26 Å². The van der Waals surface area contributed by atoms with Crippen molar-refractivity contribution in [3.63, 3.8) is 0 Å². The third-order valence-corrected chi connectivity index (χ3v) is 3.81. The van der Waals surface area contributed by atoms with Crippen molar-refractivity contribution in [3.8, 4) is 6.07 Å². The molecule has 2 rings (SSSR count). The highest BCUT2D eigenvalue weighted by Crippen LogP contribution is 2.29. The second-order valence-electron chi connectivity index (χ2n) is 4.10. The van der Waals surface area contributed by atoms with Gasteiger partial charge in [-0.25, -0.2) is 0 Å². The Morgan fingerprint density at radius 3 is 2.78 bits per heavy atom. The standard InChI is InChI=1S/C15H14N2S/c1-11-6-7-14(17)15(8-11)18-10-13-5-3-2-4-12(13)9-16/h2-8H,10,17H2,1H3. The van der Waals surface area contributed by atoms with Crippen LogP contribution in [0.1, 0.15) is 16.7 Å². The number of aryl methyl sites for hydroxylation is 1. The van der Waals surface area contributed by atoms with Crippen molar-refractivity contribution in [3.05, 3.63) is 59.2 Å². The van der Waals surface area contributed by atoms with E-state index in [0.717, 1.165) is 27.5 Å². The Labute approximate surface area is 111 Å². The van der Waals surface area contributed by atoms with E-state index in [9.17, 15) is 0 Å². The molecule has 2 aromatic carbocycles. The van der Waals surface area contributed by atoms with E-state index in [1.165, 1.54) is 5.56 Å². The highest BCUT2D eigenvalue weighted by molar-refractivity contribution is 7.98. The summed E-state index contributed by atoms with van der Waals surface area (Å²) in [5.41, 5.74) is 9.70. The third-order valence-electron chi connectivity index (χ3n) is 2.69. The molecule has 18 heavy (non-hydrogen) atoms. The second-order valence-corrected chi connectivity index (χ2v) is 5.12. The molecule has 90 valence electrons. The molecular weight excluding hydrogens is 240 g/mol. The van der Waals surface area contributed by atoms with E-state index in [1.54, 1.807) is 11.8 Å². The van der Waals surface area contributed by atoms with Crippen LogP contribution in [0, 0.1) is 18.3 Å². The normalized spacial score (nSPS) is 10.0. The van der Waals surface area contributed by atoms with Crippen LogP contribution in [0.5, 0.6) is 0 Å². The van der Waals surface area contributed by atoms with Crippen LogP contribution in [-0.2, 0) is 5.75 Å². The highest BCUT2D eigenvalue weighted by atomic mass is 32.2. The van der Waals surface area contributed by atoms with Gasteiger partial charge in [0.1, 0.15) is 0 Å². The molecule has 2 nitrogen and oxygen atoms in total. The molecule has 0 saturated heterocycles. The van der Waals surface area contributed by atoms with Gasteiger partial charge in [0.15, 0.2) is 0 Å². The molecule has 0 saturated carbocycles. The van der Waals surface area contributed by atoms with E-state index < -0.39 is 0 Å². The Balaban J connectivity index is 2.17. The monoisotopic (exact) mass is 254 g/mol. The Bertz CT molecular complexity index is 600. The molecule has 0 aliphatic carbocycles. The van der Waals surface area contributed by atoms with Gasteiger partial charge in [-0.3, -0.25) is 0 Å². The first-order chi connectivity index (χ1) is 8.70. The minimum atomic E-state index is 0.733. The van der Waals surface area contributed by atoms with Crippen LogP contribution in [-0.4, -0.2) is 0 Å². The Morgan fingerprint density at radius 2 is 2.00 bits per heavy atom. The Morgan fingerprint density at radius 1 is 1.22 bits per heavy atom. The minimum Gasteiger partial charge on any atom is -0.398 e. The summed E-state index contributed by atoms with van der Waals surface area (Å²) in [4.78, 5) is 1.07. The largest absolute Gasteiger partial charge is 0.398 e. The molecule has 0 aliphatic heterocycles. The number of hydrogen-bond donors (Lipinski definition) is 1. The molecule has 2 N–H and O–H groups in total.